The van der Waals surface area contributed by atoms with E-state index >= 15 is 0 Å². The highest BCUT2D eigenvalue weighted by atomic mass is 16.5. The van der Waals surface area contributed by atoms with Gasteiger partial charge in [-0.05, 0) is 37.6 Å². The van der Waals surface area contributed by atoms with E-state index in [1.54, 1.807) is 44.2 Å². The van der Waals surface area contributed by atoms with Crippen molar-refractivity contribution in [3.63, 3.8) is 0 Å². The molecule has 0 atom stereocenters. The quantitative estimate of drug-likeness (QED) is 0.360. The Bertz CT molecular complexity index is 621. The van der Waals surface area contributed by atoms with Crippen LogP contribution in [-0.4, -0.2) is 18.5 Å². The average molecular weight is 285 g/mol. The van der Waals surface area contributed by atoms with Gasteiger partial charge in [0.1, 0.15) is 17.4 Å². The standard InChI is InChI=1S/C16H15NO4/c1-4-20-16(19)13(10-17)9-12-5-7-14(8-6-12)21-15(18)11(2)3/h5-9H,2,4H2,1,3H3/b13-9+. The molecule has 0 aromatic heterocycles. The Labute approximate surface area is 123 Å². The fraction of sp³-hybridized carbons (Fsp3) is 0.188. The Morgan fingerprint density at radius 2 is 1.90 bits per heavy atom. The molecule has 0 radical (unpaired) electrons. The highest BCUT2D eigenvalue weighted by Gasteiger charge is 2.10. The molecular formula is C16H15NO4. The molecule has 0 aliphatic rings. The van der Waals surface area contributed by atoms with E-state index in [9.17, 15) is 9.59 Å². The Hall–Kier alpha value is -2.87. The summed E-state index contributed by atoms with van der Waals surface area (Å²) in [4.78, 5) is 22.8. The van der Waals surface area contributed by atoms with Crippen molar-refractivity contribution in [2.24, 2.45) is 0 Å². The molecule has 0 heterocycles. The van der Waals surface area contributed by atoms with Gasteiger partial charge in [0.15, 0.2) is 0 Å². The number of carbonyl (C=O) groups is 2. The summed E-state index contributed by atoms with van der Waals surface area (Å²) in [5.41, 5.74) is 0.825. The van der Waals surface area contributed by atoms with Crippen LogP contribution in [0.3, 0.4) is 0 Å². The van der Waals surface area contributed by atoms with Crippen molar-refractivity contribution in [1.29, 1.82) is 5.26 Å². The van der Waals surface area contributed by atoms with Gasteiger partial charge in [-0.3, -0.25) is 0 Å². The number of hydrogen-bond donors (Lipinski definition) is 0. The van der Waals surface area contributed by atoms with Gasteiger partial charge >= 0.3 is 11.9 Å². The monoisotopic (exact) mass is 285 g/mol. The van der Waals surface area contributed by atoms with Gasteiger partial charge in [0.05, 0.1) is 6.61 Å². The molecule has 21 heavy (non-hydrogen) atoms. The van der Waals surface area contributed by atoms with E-state index in [4.69, 9.17) is 14.7 Å². The molecule has 5 nitrogen and oxygen atoms in total. The molecule has 0 fully saturated rings. The van der Waals surface area contributed by atoms with Gasteiger partial charge in [0.25, 0.3) is 0 Å². The third-order valence-electron chi connectivity index (χ3n) is 2.37. The van der Waals surface area contributed by atoms with Crippen molar-refractivity contribution in [3.8, 4) is 11.8 Å². The predicted molar refractivity (Wildman–Crippen MR) is 77.1 cm³/mol. The van der Waals surface area contributed by atoms with Crippen LogP contribution in [0.25, 0.3) is 6.08 Å². The van der Waals surface area contributed by atoms with Gasteiger partial charge in [-0.1, -0.05) is 18.7 Å². The summed E-state index contributed by atoms with van der Waals surface area (Å²) in [6.07, 6.45) is 1.41. The van der Waals surface area contributed by atoms with Gasteiger partial charge in [0.2, 0.25) is 0 Å². The number of esters is 2. The molecule has 0 spiro atoms. The molecule has 1 aromatic carbocycles. The number of rotatable bonds is 5. The smallest absolute Gasteiger partial charge is 0.348 e. The van der Waals surface area contributed by atoms with Crippen LogP contribution in [0.5, 0.6) is 5.75 Å². The van der Waals surface area contributed by atoms with Crippen molar-refractivity contribution in [3.05, 3.63) is 47.6 Å². The maximum atomic E-state index is 11.5. The van der Waals surface area contributed by atoms with E-state index in [-0.39, 0.29) is 12.2 Å². The largest absolute Gasteiger partial charge is 0.462 e. The Balaban J connectivity index is 2.87. The lowest BCUT2D eigenvalue weighted by atomic mass is 10.1. The van der Waals surface area contributed by atoms with Gasteiger partial charge in [-0.15, -0.1) is 0 Å². The molecule has 0 bridgehead atoms. The maximum Gasteiger partial charge on any atom is 0.348 e. The summed E-state index contributed by atoms with van der Waals surface area (Å²) < 4.78 is 9.79. The van der Waals surface area contributed by atoms with E-state index in [0.717, 1.165) is 0 Å². The number of hydrogen-bond acceptors (Lipinski definition) is 5. The van der Waals surface area contributed by atoms with E-state index < -0.39 is 11.9 Å². The highest BCUT2D eigenvalue weighted by Crippen LogP contribution is 2.16. The molecule has 1 aromatic rings. The topological polar surface area (TPSA) is 76.4 Å². The number of nitrogens with zero attached hydrogens (tertiary/aromatic N) is 1. The summed E-state index contributed by atoms with van der Waals surface area (Å²) in [6.45, 7) is 6.90. The van der Waals surface area contributed by atoms with Gasteiger partial charge in [-0.2, -0.15) is 5.26 Å². The van der Waals surface area contributed by atoms with Crippen molar-refractivity contribution in [1.82, 2.24) is 0 Å². The minimum atomic E-state index is -0.669. The van der Waals surface area contributed by atoms with Crippen molar-refractivity contribution in [2.45, 2.75) is 13.8 Å². The van der Waals surface area contributed by atoms with E-state index in [1.165, 1.54) is 6.08 Å². The Kier molecular flexibility index (Phi) is 5.90. The van der Waals surface area contributed by atoms with Crippen molar-refractivity contribution < 1.29 is 19.1 Å². The Morgan fingerprint density at radius 3 is 2.38 bits per heavy atom. The predicted octanol–water partition coefficient (Wildman–Crippen LogP) is 2.64. The number of nitriles is 1. The first kappa shape index (κ1) is 16.2. The van der Waals surface area contributed by atoms with Crippen LogP contribution >= 0.6 is 0 Å². The molecule has 0 saturated carbocycles. The molecule has 0 aliphatic heterocycles. The lowest BCUT2D eigenvalue weighted by Gasteiger charge is -2.04. The fourth-order valence-corrected chi connectivity index (χ4v) is 1.34. The maximum absolute atomic E-state index is 11.5. The molecule has 0 aliphatic carbocycles. The zero-order valence-corrected chi connectivity index (χ0v) is 11.9. The number of carbonyl (C=O) groups excluding carboxylic acids is 2. The first-order valence-electron chi connectivity index (χ1n) is 6.24. The molecule has 0 N–H and O–H groups in total. The zero-order chi connectivity index (χ0) is 15.8. The second kappa shape index (κ2) is 7.65. The van der Waals surface area contributed by atoms with Crippen LogP contribution in [0.2, 0.25) is 0 Å². The second-order valence-corrected chi connectivity index (χ2v) is 4.13. The third-order valence-corrected chi connectivity index (χ3v) is 2.37. The molecule has 1 rings (SSSR count). The summed E-state index contributed by atoms with van der Waals surface area (Å²) in [5, 5.41) is 8.92. The van der Waals surface area contributed by atoms with Crippen LogP contribution in [0.15, 0.2) is 42.0 Å². The van der Waals surface area contributed by atoms with Gasteiger partial charge in [-0.25, -0.2) is 9.59 Å². The molecule has 0 amide bonds. The molecule has 0 unspecified atom stereocenters. The van der Waals surface area contributed by atoms with Gasteiger partial charge < -0.3 is 9.47 Å². The van der Waals surface area contributed by atoms with E-state index in [1.807, 2.05) is 0 Å². The van der Waals surface area contributed by atoms with Crippen LogP contribution in [-0.2, 0) is 14.3 Å². The zero-order valence-electron chi connectivity index (χ0n) is 11.9. The fourth-order valence-electron chi connectivity index (χ4n) is 1.34. The molecule has 5 heteroatoms. The average Bonchev–Trinajstić information content (AvgIpc) is 2.46. The van der Waals surface area contributed by atoms with Gasteiger partial charge in [0, 0.05) is 5.57 Å². The SMILES string of the molecule is C=C(C)C(=O)Oc1ccc(/C=C(\C#N)C(=O)OCC)cc1. The van der Waals surface area contributed by atoms with Crippen LogP contribution in [0.4, 0.5) is 0 Å². The van der Waals surface area contributed by atoms with Crippen molar-refractivity contribution in [2.75, 3.05) is 6.61 Å². The first-order chi connectivity index (χ1) is 9.97. The third kappa shape index (κ3) is 4.96. The van der Waals surface area contributed by atoms with Crippen molar-refractivity contribution >= 4 is 18.0 Å². The second-order valence-electron chi connectivity index (χ2n) is 4.13. The summed E-state index contributed by atoms with van der Waals surface area (Å²) in [6, 6.07) is 8.16. The minimum Gasteiger partial charge on any atom is -0.462 e. The normalized spacial score (nSPS) is 10.4. The summed E-state index contributed by atoms with van der Waals surface area (Å²) in [5.74, 6) is -0.824. The minimum absolute atomic E-state index is 0.0940. The van der Waals surface area contributed by atoms with E-state index in [2.05, 4.69) is 6.58 Å². The lowest BCUT2D eigenvalue weighted by molar-refractivity contribution is -0.138. The van der Waals surface area contributed by atoms with Crippen LogP contribution < -0.4 is 4.74 Å². The molecule has 0 saturated heterocycles. The first-order valence-corrected chi connectivity index (χ1v) is 6.24. The number of benzene rings is 1. The summed E-state index contributed by atoms with van der Waals surface area (Å²) >= 11 is 0. The number of ether oxygens (including phenoxy) is 2. The van der Waals surface area contributed by atoms with Crippen LogP contribution in [0.1, 0.15) is 19.4 Å². The Morgan fingerprint density at radius 1 is 1.29 bits per heavy atom. The highest BCUT2D eigenvalue weighted by molar-refractivity contribution is 5.97. The lowest BCUT2D eigenvalue weighted by Crippen LogP contribution is -2.08. The van der Waals surface area contributed by atoms with Crippen LogP contribution in [0, 0.1) is 11.3 Å². The molecule has 108 valence electrons. The van der Waals surface area contributed by atoms with E-state index in [0.29, 0.717) is 16.9 Å². The molecular weight excluding hydrogens is 270 g/mol. The summed E-state index contributed by atoms with van der Waals surface area (Å²) in [7, 11) is 0.